The Kier molecular flexibility index (Phi) is 5.57. The molecule has 0 heterocycles. The van der Waals surface area contributed by atoms with Crippen LogP contribution in [0.1, 0.15) is 13.3 Å². The Morgan fingerprint density at radius 3 is 2.68 bits per heavy atom. The molecular formula is C12H14ClFN2O3. The lowest BCUT2D eigenvalue weighted by Gasteiger charge is -2.20. The van der Waals surface area contributed by atoms with E-state index in [2.05, 4.69) is 5.32 Å². The van der Waals surface area contributed by atoms with Gasteiger partial charge in [0.1, 0.15) is 5.82 Å². The van der Waals surface area contributed by atoms with Crippen LogP contribution in [0.3, 0.4) is 0 Å². The molecule has 7 heteroatoms. The summed E-state index contributed by atoms with van der Waals surface area (Å²) in [6.45, 7) is 2.10. The van der Waals surface area contributed by atoms with E-state index < -0.39 is 17.8 Å². The molecule has 2 amide bonds. The number of benzene rings is 1. The van der Waals surface area contributed by atoms with E-state index in [4.69, 9.17) is 16.7 Å². The van der Waals surface area contributed by atoms with Crippen LogP contribution in [0.4, 0.5) is 14.9 Å². The van der Waals surface area contributed by atoms with Crippen LogP contribution in [0.5, 0.6) is 0 Å². The number of amides is 2. The average Bonchev–Trinajstić information content (AvgIpc) is 2.33. The number of nitrogens with one attached hydrogen (secondary N) is 1. The zero-order chi connectivity index (χ0) is 14.4. The smallest absolute Gasteiger partial charge is 0.321 e. The van der Waals surface area contributed by atoms with E-state index in [1.165, 1.54) is 17.0 Å². The van der Waals surface area contributed by atoms with Crippen LogP contribution in [-0.4, -0.2) is 35.1 Å². The molecule has 0 spiro atoms. The van der Waals surface area contributed by atoms with Gasteiger partial charge >= 0.3 is 12.0 Å². The minimum atomic E-state index is -0.996. The van der Waals surface area contributed by atoms with Crippen LogP contribution in [0.25, 0.3) is 0 Å². The standard InChI is InChI=1S/C12H14ClFN2O3/c1-2-16(6-5-11(17)18)12(19)15-10-4-3-8(13)7-9(10)14/h3-4,7H,2,5-6H2,1H3,(H,15,19)(H,17,18). The average molecular weight is 289 g/mol. The van der Waals surface area contributed by atoms with Crippen molar-refractivity contribution < 1.29 is 19.1 Å². The second kappa shape index (κ2) is 6.94. The molecule has 1 rings (SSSR count). The molecule has 0 saturated heterocycles. The molecule has 0 aliphatic heterocycles. The highest BCUT2D eigenvalue weighted by atomic mass is 35.5. The van der Waals surface area contributed by atoms with Crippen molar-refractivity contribution in [3.05, 3.63) is 29.0 Å². The van der Waals surface area contributed by atoms with Gasteiger partial charge in [0.05, 0.1) is 12.1 Å². The monoisotopic (exact) mass is 288 g/mol. The number of carbonyl (C=O) groups is 2. The van der Waals surface area contributed by atoms with Crippen molar-refractivity contribution in [1.82, 2.24) is 4.90 Å². The highest BCUT2D eigenvalue weighted by molar-refractivity contribution is 6.30. The van der Waals surface area contributed by atoms with Crippen LogP contribution < -0.4 is 5.32 Å². The van der Waals surface area contributed by atoms with E-state index in [1.807, 2.05) is 0 Å². The van der Waals surface area contributed by atoms with Crippen LogP contribution in [-0.2, 0) is 4.79 Å². The summed E-state index contributed by atoms with van der Waals surface area (Å²) in [5.41, 5.74) is 0.00294. The van der Waals surface area contributed by atoms with Gasteiger partial charge in [-0.05, 0) is 25.1 Å². The van der Waals surface area contributed by atoms with Crippen molar-refractivity contribution in [3.63, 3.8) is 0 Å². The summed E-state index contributed by atoms with van der Waals surface area (Å²) in [6.07, 6.45) is -0.162. The molecule has 0 radical (unpaired) electrons. The molecule has 0 bridgehead atoms. The first-order chi connectivity index (χ1) is 8.93. The van der Waals surface area contributed by atoms with Crippen LogP contribution >= 0.6 is 11.6 Å². The number of carbonyl (C=O) groups excluding carboxylic acids is 1. The van der Waals surface area contributed by atoms with Gasteiger partial charge < -0.3 is 15.3 Å². The summed E-state index contributed by atoms with van der Waals surface area (Å²) < 4.78 is 13.5. The fraction of sp³-hybridized carbons (Fsp3) is 0.333. The normalized spacial score (nSPS) is 10.1. The van der Waals surface area contributed by atoms with E-state index in [0.717, 1.165) is 6.07 Å². The molecule has 104 valence electrons. The van der Waals surface area contributed by atoms with Gasteiger partial charge in [0.25, 0.3) is 0 Å². The molecule has 0 aromatic heterocycles. The number of aliphatic carboxylic acids is 1. The summed E-state index contributed by atoms with van der Waals surface area (Å²) in [6, 6.07) is 3.34. The Labute approximate surface area is 115 Å². The van der Waals surface area contributed by atoms with Crippen molar-refractivity contribution >= 4 is 29.3 Å². The van der Waals surface area contributed by atoms with Crippen LogP contribution in [0.2, 0.25) is 5.02 Å². The fourth-order valence-corrected chi connectivity index (χ4v) is 1.58. The number of rotatable bonds is 5. The van der Waals surface area contributed by atoms with Crippen LogP contribution in [0, 0.1) is 5.82 Å². The molecule has 0 atom stereocenters. The number of urea groups is 1. The number of hydrogen-bond acceptors (Lipinski definition) is 2. The molecular weight excluding hydrogens is 275 g/mol. The lowest BCUT2D eigenvalue weighted by molar-refractivity contribution is -0.137. The minimum Gasteiger partial charge on any atom is -0.481 e. The summed E-state index contributed by atoms with van der Waals surface area (Å²) in [7, 11) is 0. The second-order valence-electron chi connectivity index (χ2n) is 3.78. The summed E-state index contributed by atoms with van der Waals surface area (Å²) in [5.74, 6) is -1.64. The maximum Gasteiger partial charge on any atom is 0.321 e. The lowest BCUT2D eigenvalue weighted by Crippen LogP contribution is -2.36. The molecule has 0 aliphatic carbocycles. The molecule has 2 N–H and O–H groups in total. The molecule has 0 saturated carbocycles. The number of hydrogen-bond donors (Lipinski definition) is 2. The third-order valence-corrected chi connectivity index (χ3v) is 2.67. The predicted molar refractivity (Wildman–Crippen MR) is 69.9 cm³/mol. The van der Waals surface area contributed by atoms with Crippen LogP contribution in [0.15, 0.2) is 18.2 Å². The Bertz CT molecular complexity index is 482. The molecule has 0 fully saturated rings. The predicted octanol–water partition coefficient (Wildman–Crippen LogP) is 2.81. The molecule has 19 heavy (non-hydrogen) atoms. The highest BCUT2D eigenvalue weighted by Gasteiger charge is 2.14. The third kappa shape index (κ3) is 4.75. The molecule has 5 nitrogen and oxygen atoms in total. The van der Waals surface area contributed by atoms with Crippen molar-refractivity contribution in [3.8, 4) is 0 Å². The van der Waals surface area contributed by atoms with Gasteiger partial charge in [-0.2, -0.15) is 0 Å². The molecule has 1 aromatic carbocycles. The summed E-state index contributed by atoms with van der Waals surface area (Å²) in [5, 5.41) is 11.2. The van der Waals surface area contributed by atoms with Crippen molar-refractivity contribution in [1.29, 1.82) is 0 Å². The van der Waals surface area contributed by atoms with Crippen molar-refractivity contribution in [2.45, 2.75) is 13.3 Å². The number of anilines is 1. The first-order valence-corrected chi connectivity index (χ1v) is 6.04. The largest absolute Gasteiger partial charge is 0.481 e. The quantitative estimate of drug-likeness (QED) is 0.875. The fourth-order valence-electron chi connectivity index (χ4n) is 1.42. The van der Waals surface area contributed by atoms with E-state index >= 15 is 0 Å². The van der Waals surface area contributed by atoms with E-state index in [-0.39, 0.29) is 23.7 Å². The maximum atomic E-state index is 13.5. The molecule has 0 aliphatic rings. The summed E-state index contributed by atoms with van der Waals surface area (Å²) >= 11 is 5.60. The number of carboxylic acid groups (broad SMARTS) is 1. The Balaban J connectivity index is 2.68. The molecule has 1 aromatic rings. The lowest BCUT2D eigenvalue weighted by atomic mass is 10.3. The Morgan fingerprint density at radius 1 is 1.47 bits per heavy atom. The van der Waals surface area contributed by atoms with Crippen molar-refractivity contribution in [2.24, 2.45) is 0 Å². The zero-order valence-electron chi connectivity index (χ0n) is 10.3. The van der Waals surface area contributed by atoms with Gasteiger partial charge in [-0.25, -0.2) is 9.18 Å². The van der Waals surface area contributed by atoms with E-state index in [9.17, 15) is 14.0 Å². The summed E-state index contributed by atoms with van der Waals surface area (Å²) in [4.78, 5) is 23.6. The van der Waals surface area contributed by atoms with E-state index in [1.54, 1.807) is 6.92 Å². The van der Waals surface area contributed by atoms with Gasteiger partial charge in [0.2, 0.25) is 0 Å². The first-order valence-electron chi connectivity index (χ1n) is 5.66. The van der Waals surface area contributed by atoms with Gasteiger partial charge in [0, 0.05) is 18.1 Å². The van der Waals surface area contributed by atoms with Gasteiger partial charge in [0.15, 0.2) is 0 Å². The maximum absolute atomic E-state index is 13.5. The first kappa shape index (κ1) is 15.2. The Hall–Kier alpha value is -1.82. The van der Waals surface area contributed by atoms with Gasteiger partial charge in [-0.15, -0.1) is 0 Å². The second-order valence-corrected chi connectivity index (χ2v) is 4.21. The Morgan fingerprint density at radius 2 is 2.16 bits per heavy atom. The van der Waals surface area contributed by atoms with Gasteiger partial charge in [-0.3, -0.25) is 4.79 Å². The zero-order valence-corrected chi connectivity index (χ0v) is 11.1. The van der Waals surface area contributed by atoms with E-state index in [0.29, 0.717) is 6.54 Å². The third-order valence-electron chi connectivity index (χ3n) is 2.44. The SMILES string of the molecule is CCN(CCC(=O)O)C(=O)Nc1ccc(Cl)cc1F. The molecule has 0 unspecified atom stereocenters. The number of nitrogens with zero attached hydrogens (tertiary/aromatic N) is 1. The highest BCUT2D eigenvalue weighted by Crippen LogP contribution is 2.19. The van der Waals surface area contributed by atoms with Crippen molar-refractivity contribution in [2.75, 3.05) is 18.4 Å². The van der Waals surface area contributed by atoms with Gasteiger partial charge in [-0.1, -0.05) is 11.6 Å². The number of carboxylic acids is 1. The number of halogens is 2. The minimum absolute atomic E-state index is 0.00294. The topological polar surface area (TPSA) is 69.6 Å².